The molecule has 2 aromatic carbocycles. The highest BCUT2D eigenvalue weighted by atomic mass is 19.1. The van der Waals surface area contributed by atoms with Gasteiger partial charge in [0.25, 0.3) is 17.2 Å². The number of anilines is 1. The molecule has 0 bridgehead atoms. The summed E-state index contributed by atoms with van der Waals surface area (Å²) >= 11 is 0. The standard InChI is InChI=1S/C24H19F2N7O4/c25-15-12-17-21(20(13-15)33(36)37)19(29-30-22(17)34)11-14-2-3-18(26)16(10-14)23(35)31-6-8-32(9-7-31)24-27-4-1-5-28-24/h1-5,10,12-13H,6-9,11H2,(H,30,34). The van der Waals surface area contributed by atoms with E-state index >= 15 is 0 Å². The minimum absolute atomic E-state index is 0.0700. The molecular formula is C24H19F2N7O4. The van der Waals surface area contributed by atoms with E-state index in [0.717, 1.165) is 12.1 Å². The summed E-state index contributed by atoms with van der Waals surface area (Å²) in [4.78, 5) is 47.9. The van der Waals surface area contributed by atoms with Crippen molar-refractivity contribution in [1.29, 1.82) is 0 Å². The highest BCUT2D eigenvalue weighted by molar-refractivity contribution is 5.95. The lowest BCUT2D eigenvalue weighted by Crippen LogP contribution is -2.49. The van der Waals surface area contributed by atoms with Gasteiger partial charge < -0.3 is 9.80 Å². The molecule has 37 heavy (non-hydrogen) atoms. The van der Waals surface area contributed by atoms with Crippen molar-refractivity contribution in [2.75, 3.05) is 31.1 Å². The van der Waals surface area contributed by atoms with Crippen LogP contribution in [0.2, 0.25) is 0 Å². The van der Waals surface area contributed by atoms with Crippen molar-refractivity contribution in [2.24, 2.45) is 0 Å². The second kappa shape index (κ2) is 9.68. The van der Waals surface area contributed by atoms with Crippen molar-refractivity contribution in [3.05, 3.63) is 97.7 Å². The van der Waals surface area contributed by atoms with Crippen LogP contribution in [0.3, 0.4) is 0 Å². The summed E-state index contributed by atoms with van der Waals surface area (Å²) in [5.41, 5.74) is -1.03. The lowest BCUT2D eigenvalue weighted by Gasteiger charge is -2.34. The van der Waals surface area contributed by atoms with Crippen LogP contribution in [0, 0.1) is 21.7 Å². The maximum absolute atomic E-state index is 14.7. The zero-order chi connectivity index (χ0) is 26.1. The molecule has 1 saturated heterocycles. The maximum Gasteiger partial charge on any atom is 0.282 e. The molecule has 1 N–H and O–H groups in total. The minimum Gasteiger partial charge on any atom is -0.337 e. The minimum atomic E-state index is -0.935. The number of benzene rings is 2. The summed E-state index contributed by atoms with van der Waals surface area (Å²) < 4.78 is 28.6. The van der Waals surface area contributed by atoms with Crippen LogP contribution in [0.15, 0.2) is 53.6 Å². The molecule has 1 aliphatic rings. The largest absolute Gasteiger partial charge is 0.337 e. The van der Waals surface area contributed by atoms with Crippen LogP contribution in [-0.2, 0) is 6.42 Å². The first kappa shape index (κ1) is 23.9. The van der Waals surface area contributed by atoms with E-state index in [1.165, 1.54) is 17.0 Å². The fourth-order valence-corrected chi connectivity index (χ4v) is 4.36. The van der Waals surface area contributed by atoms with E-state index in [1.54, 1.807) is 18.5 Å². The van der Waals surface area contributed by atoms with Crippen LogP contribution < -0.4 is 10.5 Å². The van der Waals surface area contributed by atoms with Gasteiger partial charge in [0.15, 0.2) is 0 Å². The number of amides is 1. The van der Waals surface area contributed by atoms with E-state index in [0.29, 0.717) is 43.8 Å². The van der Waals surface area contributed by atoms with Crippen molar-refractivity contribution in [3.8, 4) is 0 Å². The number of nitro groups is 1. The van der Waals surface area contributed by atoms with Gasteiger partial charge in [-0.25, -0.2) is 23.8 Å². The van der Waals surface area contributed by atoms with E-state index in [4.69, 9.17) is 0 Å². The fourth-order valence-electron chi connectivity index (χ4n) is 4.36. The number of fused-ring (bicyclic) bond motifs is 1. The van der Waals surface area contributed by atoms with Crippen LogP contribution in [0.4, 0.5) is 20.4 Å². The lowest BCUT2D eigenvalue weighted by molar-refractivity contribution is -0.383. The van der Waals surface area contributed by atoms with Crippen molar-refractivity contribution in [3.63, 3.8) is 0 Å². The Morgan fingerprint density at radius 2 is 1.81 bits per heavy atom. The van der Waals surface area contributed by atoms with Gasteiger partial charge in [0.05, 0.1) is 33.0 Å². The normalized spacial score (nSPS) is 13.7. The maximum atomic E-state index is 14.7. The van der Waals surface area contributed by atoms with Crippen LogP contribution in [0.5, 0.6) is 0 Å². The van der Waals surface area contributed by atoms with E-state index < -0.39 is 33.7 Å². The summed E-state index contributed by atoms with van der Waals surface area (Å²) in [6, 6.07) is 7.24. The Balaban J connectivity index is 1.41. The smallest absolute Gasteiger partial charge is 0.282 e. The van der Waals surface area contributed by atoms with Crippen molar-refractivity contribution < 1.29 is 18.5 Å². The number of non-ortho nitro benzene ring substituents is 1. The van der Waals surface area contributed by atoms with Gasteiger partial charge in [-0.15, -0.1) is 0 Å². The topological polar surface area (TPSA) is 138 Å². The number of aromatic nitrogens is 4. The summed E-state index contributed by atoms with van der Waals surface area (Å²) in [5, 5.41) is 17.3. The van der Waals surface area contributed by atoms with E-state index in [9.17, 15) is 28.5 Å². The summed E-state index contributed by atoms with van der Waals surface area (Å²) in [7, 11) is 0. The first-order chi connectivity index (χ1) is 17.8. The van der Waals surface area contributed by atoms with Gasteiger partial charge in [0.2, 0.25) is 5.95 Å². The second-order valence-electron chi connectivity index (χ2n) is 8.42. The van der Waals surface area contributed by atoms with Gasteiger partial charge in [0, 0.05) is 45.0 Å². The SMILES string of the molecule is O=C(c1cc(Cc2n[nH]c(=O)c3cc(F)cc([N+](=O)[O-])c23)ccc1F)N1CCN(c2ncccn2)CC1. The van der Waals surface area contributed by atoms with Crippen molar-refractivity contribution >= 4 is 28.3 Å². The highest BCUT2D eigenvalue weighted by Gasteiger charge is 2.26. The average molecular weight is 507 g/mol. The molecular weight excluding hydrogens is 488 g/mol. The third-order valence-electron chi connectivity index (χ3n) is 6.14. The summed E-state index contributed by atoms with van der Waals surface area (Å²) in [6.07, 6.45) is 3.19. The van der Waals surface area contributed by atoms with Crippen molar-refractivity contribution in [2.45, 2.75) is 6.42 Å². The number of rotatable bonds is 5. The van der Waals surface area contributed by atoms with Crippen LogP contribution in [0.1, 0.15) is 21.6 Å². The Morgan fingerprint density at radius 1 is 1.08 bits per heavy atom. The van der Waals surface area contributed by atoms with E-state index in [-0.39, 0.29) is 28.5 Å². The Bertz CT molecular complexity index is 1570. The van der Waals surface area contributed by atoms with Gasteiger partial charge in [0.1, 0.15) is 11.6 Å². The van der Waals surface area contributed by atoms with Gasteiger partial charge >= 0.3 is 0 Å². The lowest BCUT2D eigenvalue weighted by atomic mass is 10.0. The average Bonchev–Trinajstić information content (AvgIpc) is 2.91. The number of hydrogen-bond acceptors (Lipinski definition) is 8. The molecule has 13 heteroatoms. The predicted octanol–water partition coefficient (Wildman–Crippen LogP) is 2.45. The second-order valence-corrected chi connectivity index (χ2v) is 8.42. The fraction of sp³-hybridized carbons (Fsp3) is 0.208. The first-order valence-corrected chi connectivity index (χ1v) is 11.3. The zero-order valence-corrected chi connectivity index (χ0v) is 19.2. The molecule has 1 aliphatic heterocycles. The van der Waals surface area contributed by atoms with Crippen LogP contribution in [0.25, 0.3) is 10.8 Å². The molecule has 188 valence electrons. The van der Waals surface area contributed by atoms with Gasteiger partial charge in [-0.05, 0) is 29.8 Å². The Labute approximate surface area is 207 Å². The molecule has 0 saturated carbocycles. The molecule has 11 nitrogen and oxygen atoms in total. The molecule has 2 aromatic heterocycles. The number of nitrogens with zero attached hydrogens (tertiary/aromatic N) is 6. The van der Waals surface area contributed by atoms with E-state index in [1.807, 2.05) is 4.90 Å². The third-order valence-corrected chi connectivity index (χ3v) is 6.14. The summed E-state index contributed by atoms with van der Waals surface area (Å²) in [5.74, 6) is -1.59. The number of nitro benzene ring substituents is 1. The van der Waals surface area contributed by atoms with Crippen molar-refractivity contribution in [1.82, 2.24) is 25.1 Å². The quantitative estimate of drug-likeness (QED) is 0.321. The number of carbonyl (C=O) groups is 1. The number of halogens is 2. The predicted molar refractivity (Wildman–Crippen MR) is 128 cm³/mol. The Kier molecular flexibility index (Phi) is 6.26. The number of H-pyrrole nitrogens is 1. The van der Waals surface area contributed by atoms with Crippen LogP contribution >= 0.6 is 0 Å². The summed E-state index contributed by atoms with van der Waals surface area (Å²) in [6.45, 7) is 1.63. The molecule has 0 unspecified atom stereocenters. The van der Waals surface area contributed by atoms with Crippen LogP contribution in [-0.4, -0.2) is 62.1 Å². The third kappa shape index (κ3) is 4.70. The number of piperazine rings is 1. The van der Waals surface area contributed by atoms with Gasteiger partial charge in [-0.2, -0.15) is 5.10 Å². The number of aromatic amines is 1. The van der Waals surface area contributed by atoms with Gasteiger partial charge in [-0.1, -0.05) is 6.07 Å². The number of hydrogen-bond donors (Lipinski definition) is 1. The molecule has 4 aromatic rings. The Morgan fingerprint density at radius 3 is 2.51 bits per heavy atom. The molecule has 5 rings (SSSR count). The zero-order valence-electron chi connectivity index (χ0n) is 19.2. The number of carbonyl (C=O) groups excluding carboxylic acids is 1. The van der Waals surface area contributed by atoms with E-state index in [2.05, 4.69) is 20.2 Å². The molecule has 0 atom stereocenters. The molecule has 1 amide bonds. The molecule has 3 heterocycles. The number of nitrogens with one attached hydrogen (secondary N) is 1. The van der Waals surface area contributed by atoms with Gasteiger partial charge in [-0.3, -0.25) is 19.7 Å². The molecule has 0 radical (unpaired) electrons. The Hall–Kier alpha value is -4.81. The molecule has 1 fully saturated rings. The monoisotopic (exact) mass is 507 g/mol. The first-order valence-electron chi connectivity index (χ1n) is 11.3. The molecule has 0 spiro atoms. The highest BCUT2D eigenvalue weighted by Crippen LogP contribution is 2.29. The molecule has 0 aliphatic carbocycles.